The van der Waals surface area contributed by atoms with Gasteiger partial charge in [-0.15, -0.1) is 11.3 Å². The topological polar surface area (TPSA) is 37.2 Å². The van der Waals surface area contributed by atoms with Crippen molar-refractivity contribution in [3.8, 4) is 0 Å². The summed E-state index contributed by atoms with van der Waals surface area (Å²) in [6, 6.07) is 12.0. The van der Waals surface area contributed by atoms with E-state index in [9.17, 15) is 13.2 Å². The highest BCUT2D eigenvalue weighted by Crippen LogP contribution is 2.32. The van der Waals surface area contributed by atoms with Gasteiger partial charge in [-0.2, -0.15) is 18.3 Å². The van der Waals surface area contributed by atoms with E-state index in [0.717, 1.165) is 51.6 Å². The Hall–Kier alpha value is -2.23. The van der Waals surface area contributed by atoms with E-state index < -0.39 is 11.9 Å². The lowest BCUT2D eigenvalue weighted by Crippen LogP contribution is -2.35. The summed E-state index contributed by atoms with van der Waals surface area (Å²) < 4.78 is 40.2. The number of piperidine rings is 2. The molecule has 36 heavy (non-hydrogen) atoms. The zero-order valence-corrected chi connectivity index (χ0v) is 21.6. The Bertz CT molecular complexity index is 1120. The zero-order valence-electron chi connectivity index (χ0n) is 20.8. The minimum Gasteiger partial charge on any atom is -0.301 e. The number of hydrogen-bond acceptors (Lipinski definition) is 5. The molecule has 0 saturated carbocycles. The van der Waals surface area contributed by atoms with Gasteiger partial charge >= 0.3 is 6.18 Å². The summed E-state index contributed by atoms with van der Waals surface area (Å²) in [6.45, 7) is 7.90. The smallest absolute Gasteiger partial charge is 0.301 e. The summed E-state index contributed by atoms with van der Waals surface area (Å²) in [7, 11) is 0. The molecule has 194 valence electrons. The maximum Gasteiger partial charge on any atom is 0.435 e. The third-order valence-electron chi connectivity index (χ3n) is 7.57. The summed E-state index contributed by atoms with van der Waals surface area (Å²) in [5.41, 5.74) is 2.37. The third-order valence-corrected chi connectivity index (χ3v) is 8.62. The van der Waals surface area contributed by atoms with E-state index in [1.54, 1.807) is 18.3 Å². The number of likely N-dealkylation sites (tertiary alicyclic amines) is 2. The molecule has 1 atom stereocenters. The second-order valence-corrected chi connectivity index (χ2v) is 11.1. The number of nitrogens with zero attached hydrogens (tertiary/aromatic N) is 5. The lowest BCUT2D eigenvalue weighted by Gasteiger charge is -2.32. The SMILES string of the molecule is Cc1cc(C(F)(F)F)nn1CCN1CCC(c2nc(CN3CCCC(c4ccccc4)C3)cs2)CC1. The molecule has 2 aromatic heterocycles. The van der Waals surface area contributed by atoms with Crippen molar-refractivity contribution in [2.75, 3.05) is 32.7 Å². The molecule has 1 unspecified atom stereocenters. The Kier molecular flexibility index (Phi) is 7.79. The molecule has 9 heteroatoms. The largest absolute Gasteiger partial charge is 0.435 e. The fourth-order valence-corrected chi connectivity index (χ4v) is 6.51. The van der Waals surface area contributed by atoms with Crippen LogP contribution in [0.3, 0.4) is 0 Å². The summed E-state index contributed by atoms with van der Waals surface area (Å²) in [6.07, 6.45) is 0.172. The van der Waals surface area contributed by atoms with Crippen LogP contribution in [0.25, 0.3) is 0 Å². The fourth-order valence-electron chi connectivity index (χ4n) is 5.52. The van der Waals surface area contributed by atoms with E-state index in [4.69, 9.17) is 4.98 Å². The Balaban J connectivity index is 1.09. The fraction of sp³-hybridized carbons (Fsp3) is 0.556. The van der Waals surface area contributed by atoms with Crippen LogP contribution in [0.5, 0.6) is 0 Å². The minimum atomic E-state index is -4.39. The molecule has 0 amide bonds. The lowest BCUT2D eigenvalue weighted by molar-refractivity contribution is -0.141. The minimum absolute atomic E-state index is 0.474. The third kappa shape index (κ3) is 6.18. The van der Waals surface area contributed by atoms with Crippen LogP contribution in [0.4, 0.5) is 13.2 Å². The number of aryl methyl sites for hydroxylation is 1. The van der Waals surface area contributed by atoms with Gasteiger partial charge in [0, 0.05) is 36.6 Å². The highest BCUT2D eigenvalue weighted by atomic mass is 32.1. The van der Waals surface area contributed by atoms with Crippen LogP contribution >= 0.6 is 11.3 Å². The molecule has 2 fully saturated rings. The molecule has 5 nitrogen and oxygen atoms in total. The molecule has 5 rings (SSSR count). The molecule has 2 saturated heterocycles. The van der Waals surface area contributed by atoms with Crippen molar-refractivity contribution < 1.29 is 13.2 Å². The quantitative estimate of drug-likeness (QED) is 0.390. The van der Waals surface area contributed by atoms with Gasteiger partial charge in [0.05, 0.1) is 17.2 Å². The standard InChI is InChI=1S/C27H34F3N5S/c1-20-16-25(27(28,29)30)32-35(20)15-14-33-12-9-22(10-13-33)26-31-24(19-36-26)18-34-11-5-8-23(17-34)21-6-3-2-4-7-21/h2-4,6-7,16,19,22-23H,5,8-15,17-18H2,1H3. The summed E-state index contributed by atoms with van der Waals surface area (Å²) in [4.78, 5) is 9.90. The van der Waals surface area contributed by atoms with Crippen molar-refractivity contribution in [3.63, 3.8) is 0 Å². The van der Waals surface area contributed by atoms with Crippen LogP contribution in [0, 0.1) is 6.92 Å². The predicted octanol–water partition coefficient (Wildman–Crippen LogP) is 5.93. The zero-order chi connectivity index (χ0) is 25.1. The van der Waals surface area contributed by atoms with E-state index in [2.05, 4.69) is 50.6 Å². The van der Waals surface area contributed by atoms with Gasteiger partial charge < -0.3 is 4.90 Å². The van der Waals surface area contributed by atoms with E-state index in [-0.39, 0.29) is 0 Å². The Morgan fingerprint density at radius 1 is 0.972 bits per heavy atom. The van der Waals surface area contributed by atoms with Crippen molar-refractivity contribution in [3.05, 3.63) is 69.4 Å². The first-order valence-corrected chi connectivity index (χ1v) is 13.8. The number of alkyl halides is 3. The van der Waals surface area contributed by atoms with Gasteiger partial charge in [0.2, 0.25) is 0 Å². The first-order valence-electron chi connectivity index (χ1n) is 12.9. The molecule has 0 aliphatic carbocycles. The molecule has 1 aromatic carbocycles. The number of hydrogen-bond donors (Lipinski definition) is 0. The molecular formula is C27H34F3N5S. The second-order valence-electron chi connectivity index (χ2n) is 10.2. The number of benzene rings is 1. The van der Waals surface area contributed by atoms with Crippen LogP contribution < -0.4 is 0 Å². The van der Waals surface area contributed by atoms with Crippen molar-refractivity contribution in [1.29, 1.82) is 0 Å². The van der Waals surface area contributed by atoms with Crippen LogP contribution in [-0.2, 0) is 19.3 Å². The maximum atomic E-state index is 12.9. The molecule has 3 aromatic rings. The van der Waals surface area contributed by atoms with Gasteiger partial charge in [0.25, 0.3) is 0 Å². The van der Waals surface area contributed by atoms with E-state index in [1.807, 2.05) is 0 Å². The van der Waals surface area contributed by atoms with E-state index in [1.165, 1.54) is 33.8 Å². The molecule has 4 heterocycles. The van der Waals surface area contributed by atoms with E-state index in [0.29, 0.717) is 30.6 Å². The highest BCUT2D eigenvalue weighted by molar-refractivity contribution is 7.09. The second kappa shape index (κ2) is 11.0. The number of rotatable bonds is 7. The van der Waals surface area contributed by atoms with Gasteiger partial charge in [-0.05, 0) is 69.8 Å². The Labute approximate surface area is 214 Å². The normalized spacial score (nSPS) is 20.7. The Morgan fingerprint density at radius 3 is 2.47 bits per heavy atom. The van der Waals surface area contributed by atoms with Crippen LogP contribution in [-0.4, -0.2) is 57.3 Å². The molecule has 0 spiro atoms. The average Bonchev–Trinajstić information content (AvgIpc) is 3.50. The molecule has 0 N–H and O–H groups in total. The summed E-state index contributed by atoms with van der Waals surface area (Å²) in [5, 5.41) is 7.22. The molecule has 0 radical (unpaired) electrons. The van der Waals surface area contributed by atoms with Gasteiger partial charge in [-0.1, -0.05) is 30.3 Å². The van der Waals surface area contributed by atoms with Crippen LogP contribution in [0.2, 0.25) is 0 Å². The van der Waals surface area contributed by atoms with Gasteiger partial charge in [0.1, 0.15) is 0 Å². The van der Waals surface area contributed by atoms with Crippen molar-refractivity contribution in [2.24, 2.45) is 0 Å². The van der Waals surface area contributed by atoms with Crippen molar-refractivity contribution in [1.82, 2.24) is 24.6 Å². The summed E-state index contributed by atoms with van der Waals surface area (Å²) in [5.74, 6) is 1.08. The maximum absolute atomic E-state index is 12.9. The van der Waals surface area contributed by atoms with Gasteiger partial charge in [-0.3, -0.25) is 9.58 Å². The first-order chi connectivity index (χ1) is 17.3. The Morgan fingerprint density at radius 2 is 1.75 bits per heavy atom. The van der Waals surface area contributed by atoms with E-state index >= 15 is 0 Å². The molecule has 2 aliphatic heterocycles. The lowest BCUT2D eigenvalue weighted by atomic mass is 9.90. The van der Waals surface area contributed by atoms with Crippen LogP contribution in [0.15, 0.2) is 41.8 Å². The number of halogens is 3. The summed E-state index contributed by atoms with van der Waals surface area (Å²) >= 11 is 1.78. The monoisotopic (exact) mass is 517 g/mol. The predicted molar refractivity (Wildman–Crippen MR) is 136 cm³/mol. The molecule has 0 bridgehead atoms. The van der Waals surface area contributed by atoms with Crippen molar-refractivity contribution in [2.45, 2.75) is 63.7 Å². The average molecular weight is 518 g/mol. The number of thiazole rings is 1. The first kappa shape index (κ1) is 25.4. The van der Waals surface area contributed by atoms with Crippen molar-refractivity contribution >= 4 is 11.3 Å². The number of aromatic nitrogens is 3. The highest BCUT2D eigenvalue weighted by Gasteiger charge is 2.34. The van der Waals surface area contributed by atoms with Gasteiger partial charge in [0.15, 0.2) is 5.69 Å². The molecule has 2 aliphatic rings. The van der Waals surface area contributed by atoms with Crippen LogP contribution in [0.1, 0.15) is 65.2 Å². The van der Waals surface area contributed by atoms with Gasteiger partial charge in [-0.25, -0.2) is 4.98 Å². The molecular weight excluding hydrogens is 483 g/mol.